The number of hydrogen-bond acceptors (Lipinski definition) is 3. The lowest BCUT2D eigenvalue weighted by molar-refractivity contribution is 0.0488. The van der Waals surface area contributed by atoms with E-state index in [9.17, 15) is 4.79 Å². The molecular formula is C13H18BrN3O. The quantitative estimate of drug-likeness (QED) is 0.910. The summed E-state index contributed by atoms with van der Waals surface area (Å²) in [5.74, 6) is -0.00912. The van der Waals surface area contributed by atoms with E-state index in [1.54, 1.807) is 12.3 Å². The van der Waals surface area contributed by atoms with Gasteiger partial charge >= 0.3 is 0 Å². The monoisotopic (exact) mass is 311 g/mol. The predicted molar refractivity (Wildman–Crippen MR) is 74.3 cm³/mol. The third-order valence-electron chi connectivity index (χ3n) is 3.48. The highest BCUT2D eigenvalue weighted by molar-refractivity contribution is 9.10. The topological polar surface area (TPSA) is 59.2 Å². The van der Waals surface area contributed by atoms with Crippen LogP contribution in [0.3, 0.4) is 0 Å². The van der Waals surface area contributed by atoms with E-state index in [0.29, 0.717) is 12.2 Å². The minimum Gasteiger partial charge on any atom is -0.330 e. The number of amides is 1. The van der Waals surface area contributed by atoms with Gasteiger partial charge in [-0.15, -0.1) is 0 Å². The van der Waals surface area contributed by atoms with Gasteiger partial charge in [-0.05, 0) is 54.2 Å². The molecule has 0 radical (unpaired) electrons. The molecule has 1 aromatic rings. The number of hydrogen-bond donors (Lipinski definition) is 1. The summed E-state index contributed by atoms with van der Waals surface area (Å²) in [7, 11) is 0. The number of pyridine rings is 1. The third-order valence-corrected chi connectivity index (χ3v) is 3.95. The number of likely N-dealkylation sites (tertiary alicyclic amines) is 1. The molecule has 0 aliphatic carbocycles. The average molecular weight is 312 g/mol. The molecule has 1 aromatic heterocycles. The van der Waals surface area contributed by atoms with E-state index >= 15 is 0 Å². The van der Waals surface area contributed by atoms with Crippen LogP contribution in [-0.4, -0.2) is 34.4 Å². The van der Waals surface area contributed by atoms with Gasteiger partial charge in [-0.3, -0.25) is 4.79 Å². The number of halogens is 1. The molecular weight excluding hydrogens is 294 g/mol. The Kier molecular flexibility index (Phi) is 4.35. The zero-order chi connectivity index (χ0) is 13.1. The molecule has 98 valence electrons. The maximum Gasteiger partial charge on any atom is 0.272 e. The number of nitrogens with two attached hydrogens (primary N) is 1. The second-order valence-electron chi connectivity index (χ2n) is 4.74. The first kappa shape index (κ1) is 13.5. The number of carbonyl (C=O) groups excluding carboxylic acids is 1. The van der Waals surface area contributed by atoms with Crippen molar-refractivity contribution in [3.05, 3.63) is 28.5 Å². The van der Waals surface area contributed by atoms with Gasteiger partial charge < -0.3 is 10.6 Å². The van der Waals surface area contributed by atoms with Crippen LogP contribution in [0.2, 0.25) is 0 Å². The molecule has 1 aliphatic heterocycles. The van der Waals surface area contributed by atoms with Crippen LogP contribution in [-0.2, 0) is 0 Å². The zero-order valence-electron chi connectivity index (χ0n) is 10.5. The van der Waals surface area contributed by atoms with Gasteiger partial charge in [0, 0.05) is 29.3 Å². The molecule has 2 heterocycles. The van der Waals surface area contributed by atoms with Crippen molar-refractivity contribution in [2.75, 3.05) is 6.54 Å². The van der Waals surface area contributed by atoms with Crippen LogP contribution >= 0.6 is 15.9 Å². The molecule has 4 nitrogen and oxygen atoms in total. The third kappa shape index (κ3) is 2.72. The lowest BCUT2D eigenvalue weighted by Crippen LogP contribution is -2.52. The standard InChI is InChI=1S/C13H18BrN3O/c1-9-3-2-4-11(7-15)17(9)13(18)12-6-5-10(14)8-16-12/h5-6,8-9,11H,2-4,7,15H2,1H3. The van der Waals surface area contributed by atoms with Gasteiger partial charge in [0.25, 0.3) is 5.91 Å². The fourth-order valence-electron chi connectivity index (χ4n) is 2.52. The molecule has 18 heavy (non-hydrogen) atoms. The van der Waals surface area contributed by atoms with E-state index in [2.05, 4.69) is 27.8 Å². The molecule has 1 amide bonds. The molecule has 2 unspecified atom stereocenters. The van der Waals surface area contributed by atoms with Crippen LogP contribution in [0, 0.1) is 0 Å². The molecule has 2 atom stereocenters. The summed E-state index contributed by atoms with van der Waals surface area (Å²) in [5.41, 5.74) is 6.27. The van der Waals surface area contributed by atoms with Gasteiger partial charge in [-0.25, -0.2) is 4.98 Å². The van der Waals surface area contributed by atoms with Crippen molar-refractivity contribution in [2.45, 2.75) is 38.3 Å². The van der Waals surface area contributed by atoms with Gasteiger partial charge in [0.15, 0.2) is 0 Å². The van der Waals surface area contributed by atoms with Crippen LogP contribution in [0.25, 0.3) is 0 Å². The van der Waals surface area contributed by atoms with Crippen LogP contribution in [0.1, 0.15) is 36.7 Å². The van der Waals surface area contributed by atoms with E-state index in [-0.39, 0.29) is 18.0 Å². The summed E-state index contributed by atoms with van der Waals surface area (Å²) in [5, 5.41) is 0. The van der Waals surface area contributed by atoms with Gasteiger partial charge in [-0.2, -0.15) is 0 Å². The normalized spacial score (nSPS) is 24.1. The van der Waals surface area contributed by atoms with Crippen LogP contribution in [0.4, 0.5) is 0 Å². The van der Waals surface area contributed by atoms with Gasteiger partial charge in [0.05, 0.1) is 0 Å². The summed E-state index contributed by atoms with van der Waals surface area (Å²) in [6.07, 6.45) is 4.82. The van der Waals surface area contributed by atoms with Gasteiger partial charge in [0.2, 0.25) is 0 Å². The first-order valence-corrected chi connectivity index (χ1v) is 7.07. The minimum atomic E-state index is -0.00912. The van der Waals surface area contributed by atoms with Crippen LogP contribution in [0.15, 0.2) is 22.8 Å². The number of piperidine rings is 1. The van der Waals surface area contributed by atoms with Crippen LogP contribution < -0.4 is 5.73 Å². The van der Waals surface area contributed by atoms with E-state index < -0.39 is 0 Å². The van der Waals surface area contributed by atoms with Gasteiger partial charge in [-0.1, -0.05) is 0 Å². The first-order valence-electron chi connectivity index (χ1n) is 6.27. The summed E-state index contributed by atoms with van der Waals surface area (Å²) in [6.45, 7) is 2.60. The van der Waals surface area contributed by atoms with Crippen molar-refractivity contribution >= 4 is 21.8 Å². The first-order chi connectivity index (χ1) is 8.63. The van der Waals surface area contributed by atoms with Gasteiger partial charge in [0.1, 0.15) is 5.69 Å². The zero-order valence-corrected chi connectivity index (χ0v) is 12.1. The largest absolute Gasteiger partial charge is 0.330 e. The molecule has 0 bridgehead atoms. The lowest BCUT2D eigenvalue weighted by Gasteiger charge is -2.40. The maximum absolute atomic E-state index is 12.5. The van der Waals surface area contributed by atoms with Crippen molar-refractivity contribution < 1.29 is 4.79 Å². The number of nitrogens with zero attached hydrogens (tertiary/aromatic N) is 2. The lowest BCUT2D eigenvalue weighted by atomic mass is 9.96. The molecule has 1 fully saturated rings. The van der Waals surface area contributed by atoms with E-state index in [1.807, 2.05) is 11.0 Å². The van der Waals surface area contributed by atoms with E-state index in [1.165, 1.54) is 0 Å². The number of carbonyl (C=O) groups is 1. The summed E-state index contributed by atoms with van der Waals surface area (Å²) >= 11 is 3.32. The van der Waals surface area contributed by atoms with E-state index in [4.69, 9.17) is 5.73 Å². The van der Waals surface area contributed by atoms with Crippen molar-refractivity contribution in [2.24, 2.45) is 5.73 Å². The molecule has 0 aromatic carbocycles. The summed E-state index contributed by atoms with van der Waals surface area (Å²) < 4.78 is 0.876. The molecule has 2 rings (SSSR count). The Morgan fingerprint density at radius 2 is 2.33 bits per heavy atom. The Labute approximate surface area is 116 Å². The summed E-state index contributed by atoms with van der Waals surface area (Å²) in [4.78, 5) is 18.6. The second kappa shape index (κ2) is 5.80. The Balaban J connectivity index is 2.22. The van der Waals surface area contributed by atoms with Crippen molar-refractivity contribution in [3.63, 3.8) is 0 Å². The highest BCUT2D eigenvalue weighted by atomic mass is 79.9. The molecule has 0 spiro atoms. The Bertz CT molecular complexity index is 421. The SMILES string of the molecule is CC1CCCC(CN)N1C(=O)c1ccc(Br)cn1. The molecule has 5 heteroatoms. The average Bonchev–Trinajstić information content (AvgIpc) is 2.38. The smallest absolute Gasteiger partial charge is 0.272 e. The molecule has 1 aliphatic rings. The van der Waals surface area contributed by atoms with Crippen molar-refractivity contribution in [1.82, 2.24) is 9.88 Å². The van der Waals surface area contributed by atoms with Crippen LogP contribution in [0.5, 0.6) is 0 Å². The molecule has 1 saturated heterocycles. The number of rotatable bonds is 2. The Hall–Kier alpha value is -0.940. The van der Waals surface area contributed by atoms with E-state index in [0.717, 1.165) is 23.7 Å². The fraction of sp³-hybridized carbons (Fsp3) is 0.538. The second-order valence-corrected chi connectivity index (χ2v) is 5.66. The minimum absolute atomic E-state index is 0.00912. The van der Waals surface area contributed by atoms with Crippen molar-refractivity contribution in [1.29, 1.82) is 0 Å². The highest BCUT2D eigenvalue weighted by Crippen LogP contribution is 2.24. The fourth-order valence-corrected chi connectivity index (χ4v) is 2.75. The Morgan fingerprint density at radius 1 is 1.56 bits per heavy atom. The molecule has 0 saturated carbocycles. The predicted octanol–water partition coefficient (Wildman–Crippen LogP) is 2.19. The highest BCUT2D eigenvalue weighted by Gasteiger charge is 2.31. The summed E-state index contributed by atoms with van der Waals surface area (Å²) in [6, 6.07) is 3.98. The van der Waals surface area contributed by atoms with Crippen molar-refractivity contribution in [3.8, 4) is 0 Å². The maximum atomic E-state index is 12.5. The molecule has 2 N–H and O–H groups in total. The Morgan fingerprint density at radius 3 is 2.94 bits per heavy atom. The number of aromatic nitrogens is 1.